The van der Waals surface area contributed by atoms with Gasteiger partial charge >= 0.3 is 5.97 Å². The van der Waals surface area contributed by atoms with Gasteiger partial charge in [0.25, 0.3) is 0 Å². The van der Waals surface area contributed by atoms with Crippen molar-refractivity contribution in [1.82, 2.24) is 0 Å². The summed E-state index contributed by atoms with van der Waals surface area (Å²) in [6.45, 7) is 2.35. The van der Waals surface area contributed by atoms with Crippen LogP contribution in [0.25, 0.3) is 11.1 Å². The van der Waals surface area contributed by atoms with Crippen molar-refractivity contribution in [2.45, 2.75) is 18.4 Å². The number of esters is 1. The number of aryl methyl sites for hydroxylation is 1. The van der Waals surface area contributed by atoms with Crippen LogP contribution in [0.5, 0.6) is 5.75 Å². The maximum Gasteiger partial charge on any atom is 0.337 e. The van der Waals surface area contributed by atoms with E-state index in [-0.39, 0.29) is 4.90 Å². The maximum atomic E-state index is 11.9. The number of hydrogen-bond acceptors (Lipinski definition) is 5. The second kappa shape index (κ2) is 8.49. The van der Waals surface area contributed by atoms with E-state index in [4.69, 9.17) is 9.47 Å². The molecule has 0 saturated heterocycles. The molecule has 0 aromatic heterocycles. The van der Waals surface area contributed by atoms with E-state index in [0.717, 1.165) is 22.3 Å². The van der Waals surface area contributed by atoms with Gasteiger partial charge in [0.1, 0.15) is 12.4 Å². The molecular weight excluding hydrogens is 388 g/mol. The Kier molecular flexibility index (Phi) is 6.03. The molecular formula is C23H22O5S. The maximum absolute atomic E-state index is 11.9. The number of methoxy groups -OCH3 is 1. The average molecular weight is 410 g/mol. The lowest BCUT2D eigenvalue weighted by molar-refractivity contribution is 0.0600. The van der Waals surface area contributed by atoms with Crippen molar-refractivity contribution in [3.63, 3.8) is 0 Å². The fourth-order valence-corrected chi connectivity index (χ4v) is 3.48. The number of rotatable bonds is 6. The van der Waals surface area contributed by atoms with Crippen molar-refractivity contribution in [3.8, 4) is 16.9 Å². The van der Waals surface area contributed by atoms with E-state index in [1.807, 2.05) is 31.2 Å². The van der Waals surface area contributed by atoms with Gasteiger partial charge in [0.15, 0.2) is 9.84 Å². The predicted octanol–water partition coefficient (Wildman–Crippen LogP) is 4.43. The lowest BCUT2D eigenvalue weighted by Crippen LogP contribution is -2.03. The molecule has 150 valence electrons. The molecule has 3 aromatic rings. The summed E-state index contributed by atoms with van der Waals surface area (Å²) < 4.78 is 34.2. The van der Waals surface area contributed by atoms with E-state index < -0.39 is 15.8 Å². The van der Waals surface area contributed by atoms with Crippen LogP contribution in [0, 0.1) is 6.92 Å². The summed E-state index contributed by atoms with van der Waals surface area (Å²) in [7, 11) is -1.95. The van der Waals surface area contributed by atoms with Crippen LogP contribution >= 0.6 is 0 Å². The summed E-state index contributed by atoms with van der Waals surface area (Å²) in [5.41, 5.74) is 4.07. The van der Waals surface area contributed by atoms with Crippen LogP contribution in [0.15, 0.2) is 71.6 Å². The number of carbonyl (C=O) groups excluding carboxylic acids is 1. The molecule has 0 fully saturated rings. The first kappa shape index (κ1) is 20.6. The van der Waals surface area contributed by atoms with Crippen molar-refractivity contribution >= 4 is 15.8 Å². The highest BCUT2D eigenvalue weighted by Crippen LogP contribution is 2.32. The van der Waals surface area contributed by atoms with Crippen molar-refractivity contribution in [1.29, 1.82) is 0 Å². The van der Waals surface area contributed by atoms with Crippen molar-refractivity contribution in [2.24, 2.45) is 0 Å². The van der Waals surface area contributed by atoms with Crippen LogP contribution in [-0.4, -0.2) is 27.8 Å². The molecule has 0 saturated carbocycles. The third kappa shape index (κ3) is 5.03. The molecule has 0 heterocycles. The van der Waals surface area contributed by atoms with Gasteiger partial charge in [-0.25, -0.2) is 13.2 Å². The molecule has 0 aliphatic heterocycles. The van der Waals surface area contributed by atoms with Crippen LogP contribution in [0.4, 0.5) is 0 Å². The second-order valence-corrected chi connectivity index (χ2v) is 8.79. The van der Waals surface area contributed by atoms with Gasteiger partial charge in [0.2, 0.25) is 0 Å². The minimum atomic E-state index is -3.28. The molecule has 0 atom stereocenters. The highest BCUT2D eigenvalue weighted by Gasteiger charge is 2.14. The van der Waals surface area contributed by atoms with Gasteiger partial charge in [-0.15, -0.1) is 0 Å². The van der Waals surface area contributed by atoms with Gasteiger partial charge in [-0.05, 0) is 48.4 Å². The second-order valence-electron chi connectivity index (χ2n) is 6.77. The zero-order valence-electron chi connectivity index (χ0n) is 16.5. The smallest absolute Gasteiger partial charge is 0.337 e. The van der Waals surface area contributed by atoms with E-state index in [2.05, 4.69) is 0 Å². The van der Waals surface area contributed by atoms with E-state index in [9.17, 15) is 13.2 Å². The number of sulfone groups is 1. The van der Waals surface area contributed by atoms with Crippen molar-refractivity contribution in [3.05, 3.63) is 83.4 Å². The standard InChI is InChI=1S/C23H22O5S/c1-16-4-6-17(7-5-16)15-28-22-14-19(23(24)27-2)10-13-21(22)18-8-11-20(12-9-18)29(3,25)26/h4-14H,15H2,1-3H3. The highest BCUT2D eigenvalue weighted by atomic mass is 32.2. The summed E-state index contributed by atoms with van der Waals surface area (Å²) in [6, 6.07) is 19.6. The van der Waals surface area contributed by atoms with Crippen LogP contribution in [-0.2, 0) is 21.2 Å². The molecule has 0 N–H and O–H groups in total. The van der Waals surface area contributed by atoms with E-state index >= 15 is 0 Å². The molecule has 6 heteroatoms. The first-order valence-corrected chi connectivity index (χ1v) is 10.9. The summed E-state index contributed by atoms with van der Waals surface area (Å²) >= 11 is 0. The van der Waals surface area contributed by atoms with Gasteiger partial charge in [-0.2, -0.15) is 0 Å². The molecule has 0 aliphatic carbocycles. The first-order chi connectivity index (χ1) is 13.8. The molecule has 3 rings (SSSR count). The minimum absolute atomic E-state index is 0.245. The molecule has 0 radical (unpaired) electrons. The van der Waals surface area contributed by atoms with Gasteiger partial charge in [0, 0.05) is 11.8 Å². The van der Waals surface area contributed by atoms with E-state index in [1.54, 1.807) is 42.5 Å². The van der Waals surface area contributed by atoms with Crippen LogP contribution in [0.1, 0.15) is 21.5 Å². The number of hydrogen-bond donors (Lipinski definition) is 0. The molecule has 3 aromatic carbocycles. The summed E-state index contributed by atoms with van der Waals surface area (Å²) in [5.74, 6) is 0.0599. The topological polar surface area (TPSA) is 69.7 Å². The fraction of sp³-hybridized carbons (Fsp3) is 0.174. The number of benzene rings is 3. The molecule has 0 bridgehead atoms. The van der Waals surface area contributed by atoms with E-state index in [1.165, 1.54) is 13.4 Å². The summed E-state index contributed by atoms with van der Waals surface area (Å²) in [5, 5.41) is 0. The Bertz CT molecular complexity index is 1110. The van der Waals surface area contributed by atoms with Crippen LogP contribution < -0.4 is 4.74 Å². The Morgan fingerprint density at radius 1 is 0.931 bits per heavy atom. The SMILES string of the molecule is COC(=O)c1ccc(-c2ccc(S(C)(=O)=O)cc2)c(OCc2ccc(C)cc2)c1. The molecule has 0 spiro atoms. The zero-order chi connectivity index (χ0) is 21.0. The number of carbonyl (C=O) groups is 1. The van der Waals surface area contributed by atoms with Crippen LogP contribution in [0.3, 0.4) is 0 Å². The molecule has 29 heavy (non-hydrogen) atoms. The Labute approximate surface area is 170 Å². The Morgan fingerprint density at radius 3 is 2.17 bits per heavy atom. The highest BCUT2D eigenvalue weighted by molar-refractivity contribution is 7.90. The largest absolute Gasteiger partial charge is 0.488 e. The van der Waals surface area contributed by atoms with Crippen molar-refractivity contribution < 1.29 is 22.7 Å². The monoisotopic (exact) mass is 410 g/mol. The van der Waals surface area contributed by atoms with Gasteiger partial charge < -0.3 is 9.47 Å². The lowest BCUT2D eigenvalue weighted by Gasteiger charge is -2.14. The minimum Gasteiger partial charge on any atom is -0.488 e. The Hall–Kier alpha value is -3.12. The van der Waals surface area contributed by atoms with Gasteiger partial charge in [-0.1, -0.05) is 42.0 Å². The fourth-order valence-electron chi connectivity index (χ4n) is 2.85. The van der Waals surface area contributed by atoms with Crippen molar-refractivity contribution in [2.75, 3.05) is 13.4 Å². The predicted molar refractivity (Wildman–Crippen MR) is 112 cm³/mol. The quantitative estimate of drug-likeness (QED) is 0.562. The third-order valence-electron chi connectivity index (χ3n) is 4.51. The average Bonchev–Trinajstić information content (AvgIpc) is 2.72. The normalized spacial score (nSPS) is 11.1. The molecule has 0 unspecified atom stereocenters. The Morgan fingerprint density at radius 2 is 1.59 bits per heavy atom. The summed E-state index contributed by atoms with van der Waals surface area (Å²) in [6.07, 6.45) is 1.17. The molecule has 0 amide bonds. The Balaban J connectivity index is 1.96. The molecule has 5 nitrogen and oxygen atoms in total. The third-order valence-corrected chi connectivity index (χ3v) is 5.64. The zero-order valence-corrected chi connectivity index (χ0v) is 17.3. The summed E-state index contributed by atoms with van der Waals surface area (Å²) in [4.78, 5) is 12.2. The van der Waals surface area contributed by atoms with Gasteiger partial charge in [-0.3, -0.25) is 0 Å². The van der Waals surface area contributed by atoms with E-state index in [0.29, 0.717) is 17.9 Å². The number of ether oxygens (including phenoxy) is 2. The molecule has 0 aliphatic rings. The lowest BCUT2D eigenvalue weighted by atomic mass is 10.0. The first-order valence-electron chi connectivity index (χ1n) is 8.99. The van der Waals surface area contributed by atoms with Crippen LogP contribution in [0.2, 0.25) is 0 Å². The van der Waals surface area contributed by atoms with Gasteiger partial charge in [0.05, 0.1) is 17.6 Å².